The van der Waals surface area contributed by atoms with Gasteiger partial charge in [0.25, 0.3) is 0 Å². The topological polar surface area (TPSA) is 90.4 Å². The van der Waals surface area contributed by atoms with Crippen LogP contribution in [0.3, 0.4) is 0 Å². The molecule has 7 nitrogen and oxygen atoms in total. The number of allylic oxidation sites excluding steroid dienone is 1. The third-order valence-corrected chi connectivity index (χ3v) is 5.29. The molecule has 3 aromatic heterocycles. The molecule has 0 radical (unpaired) electrons. The van der Waals surface area contributed by atoms with Crippen LogP contribution in [0.2, 0.25) is 0 Å². The number of hydrogen-bond donors (Lipinski definition) is 1. The Morgan fingerprint density at radius 1 is 1.38 bits per heavy atom. The van der Waals surface area contributed by atoms with Crippen molar-refractivity contribution < 1.29 is 19.1 Å². The van der Waals surface area contributed by atoms with Crippen LogP contribution in [0.25, 0.3) is 22.5 Å². The molecule has 3 aromatic rings. The van der Waals surface area contributed by atoms with Gasteiger partial charge in [0.15, 0.2) is 11.4 Å². The fourth-order valence-corrected chi connectivity index (χ4v) is 3.75. The molecular weight excluding hydrogens is 370 g/mol. The SMILES string of the molecule is Cc1nn(CCCOC2C=C[C@H](C)CC2)c2nc(-c3ccco3)cc(C(=O)O)c12. The van der Waals surface area contributed by atoms with Crippen LogP contribution in [-0.4, -0.2) is 38.6 Å². The first kappa shape index (κ1) is 19.4. The molecule has 0 fully saturated rings. The lowest BCUT2D eigenvalue weighted by molar-refractivity contribution is 0.0680. The molecule has 1 N–H and O–H groups in total. The summed E-state index contributed by atoms with van der Waals surface area (Å²) < 4.78 is 13.1. The van der Waals surface area contributed by atoms with E-state index in [1.807, 2.05) is 6.92 Å². The minimum atomic E-state index is -1.01. The second-order valence-electron chi connectivity index (χ2n) is 7.55. The molecule has 1 unspecified atom stereocenters. The predicted molar refractivity (Wildman–Crippen MR) is 109 cm³/mol. The van der Waals surface area contributed by atoms with Crippen molar-refractivity contribution in [1.29, 1.82) is 0 Å². The van der Waals surface area contributed by atoms with Crippen molar-refractivity contribution in [3.8, 4) is 11.5 Å². The molecular formula is C22H25N3O4. The van der Waals surface area contributed by atoms with Gasteiger partial charge in [-0.3, -0.25) is 0 Å². The monoisotopic (exact) mass is 395 g/mol. The van der Waals surface area contributed by atoms with Crippen molar-refractivity contribution in [1.82, 2.24) is 14.8 Å². The van der Waals surface area contributed by atoms with Gasteiger partial charge < -0.3 is 14.3 Å². The van der Waals surface area contributed by atoms with Crippen LogP contribution in [0.4, 0.5) is 0 Å². The van der Waals surface area contributed by atoms with Gasteiger partial charge in [0, 0.05) is 13.2 Å². The van der Waals surface area contributed by atoms with Crippen LogP contribution >= 0.6 is 0 Å². The number of fused-ring (bicyclic) bond motifs is 1. The number of carboxylic acid groups (broad SMARTS) is 1. The van der Waals surface area contributed by atoms with Crippen molar-refractivity contribution in [3.63, 3.8) is 0 Å². The highest BCUT2D eigenvalue weighted by Gasteiger charge is 2.20. The summed E-state index contributed by atoms with van der Waals surface area (Å²) in [5, 5.41) is 14.8. The van der Waals surface area contributed by atoms with E-state index in [2.05, 4.69) is 29.2 Å². The Morgan fingerprint density at radius 3 is 2.93 bits per heavy atom. The number of rotatable bonds is 7. The predicted octanol–water partition coefficient (Wildman–Crippen LogP) is 4.46. The number of aryl methyl sites for hydroxylation is 2. The number of furan rings is 1. The summed E-state index contributed by atoms with van der Waals surface area (Å²) in [6.45, 7) is 5.25. The summed E-state index contributed by atoms with van der Waals surface area (Å²) in [4.78, 5) is 16.5. The fraction of sp³-hybridized carbons (Fsp3) is 0.409. The second-order valence-corrected chi connectivity index (χ2v) is 7.55. The lowest BCUT2D eigenvalue weighted by atomic mass is 9.96. The molecule has 0 spiro atoms. The number of ether oxygens (including phenoxy) is 1. The molecule has 0 saturated heterocycles. The fourth-order valence-electron chi connectivity index (χ4n) is 3.75. The average molecular weight is 395 g/mol. The van der Waals surface area contributed by atoms with Crippen LogP contribution in [0.15, 0.2) is 41.0 Å². The Bertz CT molecular complexity index is 1040. The van der Waals surface area contributed by atoms with Crippen LogP contribution < -0.4 is 0 Å². The van der Waals surface area contributed by atoms with Gasteiger partial charge in [-0.05, 0) is 50.3 Å². The van der Waals surface area contributed by atoms with E-state index >= 15 is 0 Å². The maximum absolute atomic E-state index is 11.8. The summed E-state index contributed by atoms with van der Waals surface area (Å²) in [7, 11) is 0. The maximum atomic E-state index is 11.8. The third kappa shape index (κ3) is 4.10. The summed E-state index contributed by atoms with van der Waals surface area (Å²) in [6.07, 6.45) is 9.07. The van der Waals surface area contributed by atoms with E-state index < -0.39 is 5.97 Å². The van der Waals surface area contributed by atoms with E-state index in [4.69, 9.17) is 9.15 Å². The highest BCUT2D eigenvalue weighted by molar-refractivity contribution is 6.03. The lowest BCUT2D eigenvalue weighted by Crippen LogP contribution is -2.17. The number of aromatic carboxylic acids is 1. The number of carboxylic acids is 1. The van der Waals surface area contributed by atoms with Crippen LogP contribution in [0.1, 0.15) is 42.2 Å². The zero-order chi connectivity index (χ0) is 20.4. The highest BCUT2D eigenvalue weighted by atomic mass is 16.5. The van der Waals surface area contributed by atoms with Gasteiger partial charge in [-0.15, -0.1) is 0 Å². The van der Waals surface area contributed by atoms with Gasteiger partial charge in [-0.25, -0.2) is 14.5 Å². The first-order chi connectivity index (χ1) is 14.0. The zero-order valence-corrected chi connectivity index (χ0v) is 16.7. The molecule has 29 heavy (non-hydrogen) atoms. The third-order valence-electron chi connectivity index (χ3n) is 5.29. The summed E-state index contributed by atoms with van der Waals surface area (Å²) in [6, 6.07) is 5.06. The summed E-state index contributed by atoms with van der Waals surface area (Å²) in [5.41, 5.74) is 1.88. The first-order valence-corrected chi connectivity index (χ1v) is 9.98. The highest BCUT2D eigenvalue weighted by Crippen LogP contribution is 2.27. The Morgan fingerprint density at radius 2 is 2.24 bits per heavy atom. The van der Waals surface area contributed by atoms with E-state index in [0.29, 0.717) is 47.3 Å². The van der Waals surface area contributed by atoms with Crippen LogP contribution in [-0.2, 0) is 11.3 Å². The number of nitrogens with zero attached hydrogens (tertiary/aromatic N) is 3. The second kappa shape index (κ2) is 8.21. The minimum absolute atomic E-state index is 0.183. The quantitative estimate of drug-likeness (QED) is 0.469. The van der Waals surface area contributed by atoms with Gasteiger partial charge in [0.1, 0.15) is 5.69 Å². The molecule has 3 heterocycles. The van der Waals surface area contributed by atoms with Crippen molar-refractivity contribution >= 4 is 17.0 Å². The summed E-state index contributed by atoms with van der Waals surface area (Å²) in [5.74, 6) is 0.155. The molecule has 0 aromatic carbocycles. The van der Waals surface area contributed by atoms with Crippen molar-refractivity contribution in [2.45, 2.75) is 45.8 Å². The Labute approximate surface area is 169 Å². The maximum Gasteiger partial charge on any atom is 0.336 e. The molecule has 7 heteroatoms. The molecule has 0 bridgehead atoms. The number of hydrogen-bond acceptors (Lipinski definition) is 5. The smallest absolute Gasteiger partial charge is 0.336 e. The molecule has 152 valence electrons. The minimum Gasteiger partial charge on any atom is -0.478 e. The Kier molecular flexibility index (Phi) is 5.49. The molecule has 1 aliphatic rings. The molecule has 2 atom stereocenters. The Hall–Kier alpha value is -2.93. The molecule has 0 saturated carbocycles. The van der Waals surface area contributed by atoms with Gasteiger partial charge in [-0.1, -0.05) is 19.1 Å². The zero-order valence-electron chi connectivity index (χ0n) is 16.7. The van der Waals surface area contributed by atoms with Crippen molar-refractivity contribution in [2.24, 2.45) is 5.92 Å². The van der Waals surface area contributed by atoms with E-state index in [9.17, 15) is 9.90 Å². The van der Waals surface area contributed by atoms with Gasteiger partial charge >= 0.3 is 5.97 Å². The van der Waals surface area contributed by atoms with E-state index in [0.717, 1.165) is 19.3 Å². The number of pyridine rings is 1. The van der Waals surface area contributed by atoms with Crippen molar-refractivity contribution in [2.75, 3.05) is 6.61 Å². The van der Waals surface area contributed by atoms with Crippen LogP contribution in [0.5, 0.6) is 0 Å². The van der Waals surface area contributed by atoms with E-state index in [-0.39, 0.29) is 11.7 Å². The Balaban J connectivity index is 1.55. The molecule has 1 aliphatic carbocycles. The molecule has 0 amide bonds. The lowest BCUT2D eigenvalue weighted by Gasteiger charge is -2.20. The largest absolute Gasteiger partial charge is 0.478 e. The van der Waals surface area contributed by atoms with Crippen molar-refractivity contribution in [3.05, 3.63) is 47.9 Å². The average Bonchev–Trinajstić information content (AvgIpc) is 3.35. The van der Waals surface area contributed by atoms with Gasteiger partial charge in [0.05, 0.1) is 29.0 Å². The number of aromatic nitrogens is 3. The number of carbonyl (C=O) groups is 1. The molecule has 4 rings (SSSR count). The summed E-state index contributed by atoms with van der Waals surface area (Å²) >= 11 is 0. The normalized spacial score (nSPS) is 19.1. The standard InChI is InChI=1S/C22H25N3O4/c1-14-6-8-16(9-7-14)28-12-4-10-25-21-20(15(2)24-25)17(22(26)27)13-18(23-21)19-5-3-11-29-19/h3,5-6,8,11,13-14,16H,4,7,9-10,12H2,1-2H3,(H,26,27)/t14-,16?/m0/s1. The van der Waals surface area contributed by atoms with Crippen LogP contribution in [0, 0.1) is 12.8 Å². The van der Waals surface area contributed by atoms with Gasteiger partial charge in [-0.2, -0.15) is 5.10 Å². The first-order valence-electron chi connectivity index (χ1n) is 9.98. The van der Waals surface area contributed by atoms with Gasteiger partial charge in [0.2, 0.25) is 0 Å². The molecule has 0 aliphatic heterocycles. The van der Waals surface area contributed by atoms with E-state index in [1.54, 1.807) is 29.1 Å². The van der Waals surface area contributed by atoms with E-state index in [1.165, 1.54) is 0 Å².